The predicted molar refractivity (Wildman–Crippen MR) is 109 cm³/mol. The number of urea groups is 1. The zero-order chi connectivity index (χ0) is 22.7. The maximum atomic E-state index is 12.8. The van der Waals surface area contributed by atoms with Crippen molar-refractivity contribution in [2.24, 2.45) is 0 Å². The molecule has 2 aromatic carbocycles. The van der Waals surface area contributed by atoms with Crippen LogP contribution in [-0.2, 0) is 14.3 Å². The summed E-state index contributed by atoms with van der Waals surface area (Å²) in [7, 11) is 1.33. The number of hydrogen-bond acceptors (Lipinski definition) is 6. The third-order valence-corrected chi connectivity index (χ3v) is 4.84. The molecule has 2 atom stereocenters. The van der Waals surface area contributed by atoms with Crippen LogP contribution < -0.4 is 10.6 Å². The van der Waals surface area contributed by atoms with Gasteiger partial charge in [-0.05, 0) is 26.0 Å². The Morgan fingerprint density at radius 2 is 1.61 bits per heavy atom. The van der Waals surface area contributed by atoms with E-state index in [4.69, 9.17) is 4.74 Å². The second kappa shape index (κ2) is 8.78. The van der Waals surface area contributed by atoms with Crippen LogP contribution in [0.1, 0.15) is 44.9 Å². The summed E-state index contributed by atoms with van der Waals surface area (Å²) in [5.74, 6) is -3.06. The standard InChI is InChI=1S/C22H21N3O6/c1-12-9-10-15-16(11-12)20(28)25(19(15)27)13(2)21(29)31-17(14-7-5-4-6-8-14)18(26)24-22(30)23-3/h4-11,13,17H,1-3H3,(H2,23,24,26,30). The molecule has 0 bridgehead atoms. The van der Waals surface area contributed by atoms with Crippen LogP contribution in [0.25, 0.3) is 0 Å². The van der Waals surface area contributed by atoms with Gasteiger partial charge in [0.1, 0.15) is 6.04 Å². The van der Waals surface area contributed by atoms with E-state index in [-0.39, 0.29) is 11.1 Å². The molecule has 0 spiro atoms. The normalized spacial score (nSPS) is 14.5. The zero-order valence-corrected chi connectivity index (χ0v) is 17.2. The van der Waals surface area contributed by atoms with E-state index in [0.717, 1.165) is 10.5 Å². The van der Waals surface area contributed by atoms with Gasteiger partial charge in [0.25, 0.3) is 17.7 Å². The molecule has 0 aromatic heterocycles. The van der Waals surface area contributed by atoms with Crippen LogP contribution in [0.15, 0.2) is 48.5 Å². The average Bonchev–Trinajstić information content (AvgIpc) is 3.01. The predicted octanol–water partition coefficient (Wildman–Crippen LogP) is 1.72. The van der Waals surface area contributed by atoms with E-state index in [9.17, 15) is 24.0 Å². The molecule has 31 heavy (non-hydrogen) atoms. The number of rotatable bonds is 5. The summed E-state index contributed by atoms with van der Waals surface area (Å²) in [4.78, 5) is 63.2. The lowest BCUT2D eigenvalue weighted by Gasteiger charge is -2.24. The van der Waals surface area contributed by atoms with Gasteiger partial charge in [-0.25, -0.2) is 9.59 Å². The first kappa shape index (κ1) is 21.7. The third kappa shape index (κ3) is 4.30. The lowest BCUT2D eigenvalue weighted by Crippen LogP contribution is -2.46. The van der Waals surface area contributed by atoms with E-state index in [1.54, 1.807) is 49.4 Å². The molecule has 3 rings (SSSR count). The largest absolute Gasteiger partial charge is 0.446 e. The second-order valence-electron chi connectivity index (χ2n) is 7.00. The quantitative estimate of drug-likeness (QED) is 0.558. The lowest BCUT2D eigenvalue weighted by atomic mass is 10.1. The first-order valence-corrected chi connectivity index (χ1v) is 9.51. The van der Waals surface area contributed by atoms with Gasteiger partial charge >= 0.3 is 12.0 Å². The van der Waals surface area contributed by atoms with E-state index >= 15 is 0 Å². The van der Waals surface area contributed by atoms with Crippen molar-refractivity contribution >= 4 is 29.7 Å². The van der Waals surface area contributed by atoms with E-state index in [1.807, 2.05) is 0 Å². The Kier molecular flexibility index (Phi) is 6.15. The summed E-state index contributed by atoms with van der Waals surface area (Å²) in [6.45, 7) is 3.13. The minimum atomic E-state index is -1.45. The maximum absolute atomic E-state index is 12.8. The van der Waals surface area contributed by atoms with Gasteiger partial charge in [-0.1, -0.05) is 42.0 Å². The van der Waals surface area contributed by atoms with Crippen LogP contribution in [0.3, 0.4) is 0 Å². The lowest BCUT2D eigenvalue weighted by molar-refractivity contribution is -0.159. The van der Waals surface area contributed by atoms with Crippen molar-refractivity contribution in [2.45, 2.75) is 26.0 Å². The molecule has 160 valence electrons. The van der Waals surface area contributed by atoms with Gasteiger partial charge in [0, 0.05) is 12.6 Å². The number of amides is 5. The molecule has 0 aliphatic carbocycles. The van der Waals surface area contributed by atoms with E-state index in [2.05, 4.69) is 10.6 Å². The van der Waals surface area contributed by atoms with E-state index in [0.29, 0.717) is 5.56 Å². The first-order chi connectivity index (χ1) is 14.7. The third-order valence-electron chi connectivity index (χ3n) is 4.84. The molecule has 9 heteroatoms. The molecular weight excluding hydrogens is 402 g/mol. The number of imide groups is 2. The Balaban J connectivity index is 1.83. The summed E-state index contributed by atoms with van der Waals surface area (Å²) in [5, 5.41) is 4.31. The van der Waals surface area contributed by atoms with Crippen LogP contribution in [0, 0.1) is 6.92 Å². The van der Waals surface area contributed by atoms with Gasteiger partial charge in [-0.15, -0.1) is 0 Å². The molecule has 0 saturated heterocycles. The van der Waals surface area contributed by atoms with Gasteiger partial charge in [-0.2, -0.15) is 0 Å². The molecule has 1 aliphatic rings. The summed E-state index contributed by atoms with van der Waals surface area (Å²) in [6.07, 6.45) is -1.45. The number of hydrogen-bond donors (Lipinski definition) is 2. The number of ether oxygens (including phenoxy) is 1. The molecule has 5 amide bonds. The topological polar surface area (TPSA) is 122 Å². The monoisotopic (exact) mass is 423 g/mol. The fourth-order valence-electron chi connectivity index (χ4n) is 3.19. The minimum absolute atomic E-state index is 0.201. The molecule has 2 unspecified atom stereocenters. The van der Waals surface area contributed by atoms with Crippen molar-refractivity contribution in [1.29, 1.82) is 0 Å². The highest BCUT2D eigenvalue weighted by atomic mass is 16.5. The van der Waals surface area contributed by atoms with Crippen molar-refractivity contribution in [1.82, 2.24) is 15.5 Å². The smallest absolute Gasteiger partial charge is 0.330 e. The first-order valence-electron chi connectivity index (χ1n) is 9.51. The molecule has 0 fully saturated rings. The van der Waals surface area contributed by atoms with Crippen LogP contribution in [0.5, 0.6) is 0 Å². The van der Waals surface area contributed by atoms with E-state index < -0.39 is 41.9 Å². The van der Waals surface area contributed by atoms with Gasteiger partial charge < -0.3 is 10.1 Å². The Morgan fingerprint density at radius 3 is 2.26 bits per heavy atom. The van der Waals surface area contributed by atoms with Gasteiger partial charge in [0.2, 0.25) is 6.10 Å². The van der Waals surface area contributed by atoms with Crippen molar-refractivity contribution in [2.75, 3.05) is 7.05 Å². The number of carbonyl (C=O) groups excluding carboxylic acids is 5. The zero-order valence-electron chi connectivity index (χ0n) is 17.2. The molecule has 0 radical (unpaired) electrons. The number of nitrogens with zero attached hydrogens (tertiary/aromatic N) is 1. The molecule has 1 heterocycles. The molecular formula is C22H21N3O6. The molecule has 1 aliphatic heterocycles. The molecule has 2 aromatic rings. The Hall–Kier alpha value is -4.01. The van der Waals surface area contributed by atoms with Crippen LogP contribution >= 0.6 is 0 Å². The molecule has 9 nitrogen and oxygen atoms in total. The van der Waals surface area contributed by atoms with Crippen LogP contribution in [0.2, 0.25) is 0 Å². The second-order valence-corrected chi connectivity index (χ2v) is 7.00. The van der Waals surface area contributed by atoms with Gasteiger partial charge in [0.05, 0.1) is 11.1 Å². The van der Waals surface area contributed by atoms with E-state index in [1.165, 1.54) is 20.0 Å². The number of fused-ring (bicyclic) bond motifs is 1. The van der Waals surface area contributed by atoms with Gasteiger partial charge in [-0.3, -0.25) is 24.6 Å². The summed E-state index contributed by atoms with van der Waals surface area (Å²) >= 11 is 0. The highest BCUT2D eigenvalue weighted by Gasteiger charge is 2.42. The van der Waals surface area contributed by atoms with Crippen LogP contribution in [0.4, 0.5) is 4.79 Å². The highest BCUT2D eigenvalue weighted by molar-refractivity contribution is 6.22. The van der Waals surface area contributed by atoms with Crippen molar-refractivity contribution < 1.29 is 28.7 Å². The fraction of sp³-hybridized carbons (Fsp3) is 0.227. The Morgan fingerprint density at radius 1 is 0.968 bits per heavy atom. The van der Waals surface area contributed by atoms with Crippen molar-refractivity contribution in [3.8, 4) is 0 Å². The molecule has 0 saturated carbocycles. The van der Waals surface area contributed by atoms with Gasteiger partial charge in [0.15, 0.2) is 0 Å². The Bertz CT molecular complexity index is 1070. The maximum Gasteiger partial charge on any atom is 0.330 e. The average molecular weight is 423 g/mol. The highest BCUT2D eigenvalue weighted by Crippen LogP contribution is 2.27. The van der Waals surface area contributed by atoms with Crippen molar-refractivity contribution in [3.05, 3.63) is 70.8 Å². The Labute approximate surface area is 178 Å². The minimum Gasteiger partial charge on any atom is -0.446 e. The SMILES string of the molecule is CNC(=O)NC(=O)C(OC(=O)C(C)N1C(=O)c2ccc(C)cc2C1=O)c1ccccc1. The molecule has 2 N–H and O–H groups in total. The fourth-order valence-corrected chi connectivity index (χ4v) is 3.19. The number of benzene rings is 2. The summed E-state index contributed by atoms with van der Waals surface area (Å²) in [6, 6.07) is 10.8. The number of aryl methyl sites for hydroxylation is 1. The summed E-state index contributed by atoms with van der Waals surface area (Å²) in [5.41, 5.74) is 1.53. The number of nitrogens with one attached hydrogen (secondary N) is 2. The van der Waals surface area contributed by atoms with Crippen molar-refractivity contribution in [3.63, 3.8) is 0 Å². The van der Waals surface area contributed by atoms with Crippen LogP contribution in [-0.4, -0.2) is 47.7 Å². The number of carbonyl (C=O) groups is 5. The number of esters is 1. The summed E-state index contributed by atoms with van der Waals surface area (Å²) < 4.78 is 5.36.